The minimum atomic E-state index is 0.118. The smallest absolute Gasteiger partial charge is 0.151 e. The van der Waals surface area contributed by atoms with E-state index in [0.29, 0.717) is 5.02 Å². The van der Waals surface area contributed by atoms with Gasteiger partial charge in [-0.05, 0) is 39.0 Å². The molecular formula is C15H20ClN3OS. The molecule has 6 heteroatoms. The quantitative estimate of drug-likeness (QED) is 0.908. The summed E-state index contributed by atoms with van der Waals surface area (Å²) in [6.07, 6.45) is 0.866. The van der Waals surface area contributed by atoms with Crippen LogP contribution in [0.3, 0.4) is 0 Å². The van der Waals surface area contributed by atoms with E-state index in [4.69, 9.17) is 16.3 Å². The van der Waals surface area contributed by atoms with Gasteiger partial charge in [0.2, 0.25) is 0 Å². The fraction of sp³-hybridized carbons (Fsp3) is 0.467. The van der Waals surface area contributed by atoms with Crippen molar-refractivity contribution in [3.05, 3.63) is 28.2 Å². The zero-order chi connectivity index (χ0) is 15.5. The molecule has 0 radical (unpaired) electrons. The van der Waals surface area contributed by atoms with Crippen LogP contribution in [0.25, 0.3) is 10.6 Å². The van der Waals surface area contributed by atoms with Crippen molar-refractivity contribution in [3.63, 3.8) is 0 Å². The standard InChI is InChI=1S/C15H20ClN3OS/c1-15(2,3)17-8-7-13-18-19-14(21-13)11-6-5-10(16)9-12(11)20-4/h5-6,9,17H,7-8H2,1-4H3. The van der Waals surface area contributed by atoms with Crippen molar-refractivity contribution >= 4 is 22.9 Å². The van der Waals surface area contributed by atoms with Gasteiger partial charge in [0.05, 0.1) is 12.7 Å². The lowest BCUT2D eigenvalue weighted by Crippen LogP contribution is -2.37. The molecule has 0 aliphatic heterocycles. The number of hydrogen-bond donors (Lipinski definition) is 1. The number of ether oxygens (including phenoxy) is 1. The monoisotopic (exact) mass is 325 g/mol. The van der Waals surface area contributed by atoms with Gasteiger partial charge < -0.3 is 10.1 Å². The summed E-state index contributed by atoms with van der Waals surface area (Å²) in [6, 6.07) is 5.54. The molecule has 1 aromatic carbocycles. The molecule has 0 fully saturated rings. The van der Waals surface area contributed by atoms with Crippen molar-refractivity contribution in [2.75, 3.05) is 13.7 Å². The number of nitrogens with zero attached hydrogens (tertiary/aromatic N) is 2. The van der Waals surface area contributed by atoms with Gasteiger partial charge in [-0.15, -0.1) is 10.2 Å². The molecule has 4 nitrogen and oxygen atoms in total. The van der Waals surface area contributed by atoms with E-state index in [1.165, 1.54) is 0 Å². The highest BCUT2D eigenvalue weighted by atomic mass is 35.5. The Hall–Kier alpha value is -1.17. The number of halogens is 1. The topological polar surface area (TPSA) is 47.0 Å². The SMILES string of the molecule is COc1cc(Cl)ccc1-c1nnc(CCNC(C)(C)C)s1. The number of hydrogen-bond acceptors (Lipinski definition) is 5. The first-order valence-corrected chi connectivity index (χ1v) is 8.00. The largest absolute Gasteiger partial charge is 0.496 e. The Balaban J connectivity index is 2.09. The third kappa shape index (κ3) is 4.66. The summed E-state index contributed by atoms with van der Waals surface area (Å²) in [6.45, 7) is 7.33. The van der Waals surface area contributed by atoms with Crippen LogP contribution in [0.5, 0.6) is 5.75 Å². The van der Waals surface area contributed by atoms with Gasteiger partial charge in [-0.1, -0.05) is 22.9 Å². The molecule has 0 saturated carbocycles. The second kappa shape index (κ2) is 6.73. The summed E-state index contributed by atoms with van der Waals surface area (Å²) in [5.74, 6) is 0.720. The van der Waals surface area contributed by atoms with Crippen LogP contribution in [-0.4, -0.2) is 29.4 Å². The lowest BCUT2D eigenvalue weighted by atomic mass is 10.1. The molecule has 0 atom stereocenters. The third-order valence-electron chi connectivity index (χ3n) is 2.86. The Morgan fingerprint density at radius 3 is 2.71 bits per heavy atom. The second-order valence-electron chi connectivity index (χ2n) is 5.77. The number of benzene rings is 1. The summed E-state index contributed by atoms with van der Waals surface area (Å²) >= 11 is 7.57. The van der Waals surface area contributed by atoms with Crippen LogP contribution in [0.1, 0.15) is 25.8 Å². The first-order chi connectivity index (χ1) is 9.89. The summed E-state index contributed by atoms with van der Waals surface area (Å²) in [4.78, 5) is 0. The van der Waals surface area contributed by atoms with Gasteiger partial charge in [0.15, 0.2) is 5.01 Å². The van der Waals surface area contributed by atoms with Crippen molar-refractivity contribution < 1.29 is 4.74 Å². The Kier molecular flexibility index (Phi) is 5.19. The van der Waals surface area contributed by atoms with Crippen LogP contribution in [0.2, 0.25) is 5.02 Å². The van der Waals surface area contributed by atoms with E-state index in [1.54, 1.807) is 24.5 Å². The zero-order valence-corrected chi connectivity index (χ0v) is 14.3. The Labute approximate surface area is 134 Å². The average molecular weight is 326 g/mol. The number of aromatic nitrogens is 2. The van der Waals surface area contributed by atoms with Gasteiger partial charge in [0, 0.05) is 23.5 Å². The molecule has 0 aliphatic carbocycles. The number of nitrogens with one attached hydrogen (secondary N) is 1. The molecule has 0 spiro atoms. The molecule has 0 saturated heterocycles. The number of rotatable bonds is 5. The molecule has 1 heterocycles. The van der Waals surface area contributed by atoms with Crippen LogP contribution in [-0.2, 0) is 6.42 Å². The minimum Gasteiger partial charge on any atom is -0.496 e. The van der Waals surface area contributed by atoms with Crippen LogP contribution in [0, 0.1) is 0 Å². The second-order valence-corrected chi connectivity index (χ2v) is 7.27. The van der Waals surface area contributed by atoms with E-state index >= 15 is 0 Å². The summed E-state index contributed by atoms with van der Waals surface area (Å²) in [5.41, 5.74) is 1.04. The maximum atomic E-state index is 5.98. The van der Waals surface area contributed by atoms with Gasteiger partial charge in [-0.25, -0.2) is 0 Å². The molecule has 0 aliphatic rings. The first-order valence-electron chi connectivity index (χ1n) is 6.80. The minimum absolute atomic E-state index is 0.118. The van der Waals surface area contributed by atoms with Gasteiger partial charge in [0.1, 0.15) is 10.8 Å². The highest BCUT2D eigenvalue weighted by Crippen LogP contribution is 2.34. The Morgan fingerprint density at radius 1 is 1.29 bits per heavy atom. The normalized spacial score (nSPS) is 11.7. The third-order valence-corrected chi connectivity index (χ3v) is 4.11. The van der Waals surface area contributed by atoms with E-state index in [9.17, 15) is 0 Å². The molecule has 21 heavy (non-hydrogen) atoms. The van der Waals surface area contributed by atoms with Crippen LogP contribution in [0.4, 0.5) is 0 Å². The maximum Gasteiger partial charge on any atom is 0.151 e. The molecule has 0 unspecified atom stereocenters. The van der Waals surface area contributed by atoms with E-state index < -0.39 is 0 Å². The van der Waals surface area contributed by atoms with Crippen molar-refractivity contribution in [2.45, 2.75) is 32.7 Å². The molecule has 0 bridgehead atoms. The van der Waals surface area contributed by atoms with Crippen LogP contribution in [0.15, 0.2) is 18.2 Å². The molecular weight excluding hydrogens is 306 g/mol. The van der Waals surface area contributed by atoms with Crippen molar-refractivity contribution in [3.8, 4) is 16.3 Å². The van der Waals surface area contributed by atoms with E-state index in [0.717, 1.165) is 34.3 Å². The average Bonchev–Trinajstić information content (AvgIpc) is 2.85. The van der Waals surface area contributed by atoms with Crippen LogP contribution < -0.4 is 10.1 Å². The predicted molar refractivity (Wildman–Crippen MR) is 88.4 cm³/mol. The number of methoxy groups -OCH3 is 1. The molecule has 0 amide bonds. The van der Waals surface area contributed by atoms with Gasteiger partial charge in [0.25, 0.3) is 0 Å². The van der Waals surface area contributed by atoms with Crippen molar-refractivity contribution in [2.24, 2.45) is 0 Å². The van der Waals surface area contributed by atoms with Crippen LogP contribution >= 0.6 is 22.9 Å². The highest BCUT2D eigenvalue weighted by Gasteiger charge is 2.13. The Morgan fingerprint density at radius 2 is 2.05 bits per heavy atom. The molecule has 2 aromatic rings. The predicted octanol–water partition coefficient (Wildman–Crippen LogP) is 3.80. The van der Waals surface area contributed by atoms with E-state index in [2.05, 4.69) is 36.3 Å². The fourth-order valence-electron chi connectivity index (χ4n) is 1.85. The summed E-state index contributed by atoms with van der Waals surface area (Å²) in [5, 5.41) is 14.5. The van der Waals surface area contributed by atoms with Gasteiger partial charge >= 0.3 is 0 Å². The Bertz CT molecular complexity index is 607. The molecule has 1 aromatic heterocycles. The lowest BCUT2D eigenvalue weighted by Gasteiger charge is -2.19. The molecule has 1 N–H and O–H groups in total. The molecule has 114 valence electrons. The fourth-order valence-corrected chi connectivity index (χ4v) is 2.88. The summed E-state index contributed by atoms with van der Waals surface area (Å²) < 4.78 is 5.36. The highest BCUT2D eigenvalue weighted by molar-refractivity contribution is 7.14. The van der Waals surface area contributed by atoms with E-state index in [-0.39, 0.29) is 5.54 Å². The zero-order valence-electron chi connectivity index (χ0n) is 12.7. The maximum absolute atomic E-state index is 5.98. The summed E-state index contributed by atoms with van der Waals surface area (Å²) in [7, 11) is 1.63. The molecule has 2 rings (SSSR count). The van der Waals surface area contributed by atoms with Gasteiger partial charge in [-0.3, -0.25) is 0 Å². The lowest BCUT2D eigenvalue weighted by molar-refractivity contribution is 0.416. The first kappa shape index (κ1) is 16.2. The van der Waals surface area contributed by atoms with Crippen molar-refractivity contribution in [1.82, 2.24) is 15.5 Å². The van der Waals surface area contributed by atoms with E-state index in [1.807, 2.05) is 12.1 Å². The van der Waals surface area contributed by atoms with Crippen molar-refractivity contribution in [1.29, 1.82) is 0 Å². The van der Waals surface area contributed by atoms with Gasteiger partial charge in [-0.2, -0.15) is 0 Å².